The molecule has 0 saturated carbocycles. The number of fused-ring (bicyclic) bond motifs is 15. The molecule has 0 aliphatic carbocycles. The molecule has 0 N–H and O–H groups in total. The standard InChI is InChI=1S/C46H26N2O2/c1-2-12-29-27(10-1)11-9-18-36(29)48-38-17-7-4-15-34(38)44-40(48)24-22-32-31-21-23-39-43(45(31)50-46(32)44)33-14-3-6-16-37(33)47(39)28-20-25-42-35(26-28)30-13-5-8-19-41(30)49-42/h1-26H. The van der Waals surface area contributed by atoms with Gasteiger partial charge < -0.3 is 18.0 Å². The van der Waals surface area contributed by atoms with Crippen LogP contribution in [0.25, 0.3) is 110 Å². The predicted octanol–water partition coefficient (Wildman–Crippen LogP) is 12.8. The summed E-state index contributed by atoms with van der Waals surface area (Å²) in [5.74, 6) is 0. The fourth-order valence-electron chi connectivity index (χ4n) is 8.59. The predicted molar refractivity (Wildman–Crippen MR) is 207 cm³/mol. The second kappa shape index (κ2) is 9.43. The third-order valence-electron chi connectivity index (χ3n) is 10.7. The van der Waals surface area contributed by atoms with Crippen LogP contribution >= 0.6 is 0 Å². The molecule has 0 spiro atoms. The van der Waals surface area contributed by atoms with Crippen molar-refractivity contribution >= 4 is 98.3 Å². The summed E-state index contributed by atoms with van der Waals surface area (Å²) in [7, 11) is 0. The van der Waals surface area contributed by atoms with E-state index in [9.17, 15) is 0 Å². The maximum Gasteiger partial charge on any atom is 0.145 e. The lowest BCUT2D eigenvalue weighted by Gasteiger charge is -2.11. The van der Waals surface area contributed by atoms with Crippen LogP contribution in [0.2, 0.25) is 0 Å². The first-order valence-electron chi connectivity index (χ1n) is 17.0. The Morgan fingerprint density at radius 2 is 0.920 bits per heavy atom. The van der Waals surface area contributed by atoms with Crippen molar-refractivity contribution in [1.82, 2.24) is 9.13 Å². The van der Waals surface area contributed by atoms with E-state index in [4.69, 9.17) is 8.83 Å². The molecular weight excluding hydrogens is 613 g/mol. The van der Waals surface area contributed by atoms with Gasteiger partial charge in [-0.1, -0.05) is 91.0 Å². The SMILES string of the molecule is c1ccc2c(-n3c4ccccc4c4c5oc6c(ccc7c6c6ccccc6n7-c6ccc7oc8ccccc8c7c6)c5ccc43)cccc2c1. The second-order valence-corrected chi connectivity index (χ2v) is 13.3. The molecule has 0 bridgehead atoms. The second-order valence-electron chi connectivity index (χ2n) is 13.3. The largest absolute Gasteiger partial charge is 0.456 e. The van der Waals surface area contributed by atoms with Gasteiger partial charge in [-0.3, -0.25) is 0 Å². The highest BCUT2D eigenvalue weighted by molar-refractivity contribution is 6.29. The number of furan rings is 2. The van der Waals surface area contributed by atoms with E-state index in [0.29, 0.717) is 0 Å². The van der Waals surface area contributed by atoms with Gasteiger partial charge in [-0.25, -0.2) is 0 Å². The van der Waals surface area contributed by atoms with Crippen LogP contribution in [0.1, 0.15) is 0 Å². The number of para-hydroxylation sites is 3. The zero-order chi connectivity index (χ0) is 32.5. The van der Waals surface area contributed by atoms with Crippen molar-refractivity contribution in [2.24, 2.45) is 0 Å². The van der Waals surface area contributed by atoms with Gasteiger partial charge in [-0.15, -0.1) is 0 Å². The number of aromatic nitrogens is 2. The first kappa shape index (κ1) is 26.2. The molecule has 4 nitrogen and oxygen atoms in total. The van der Waals surface area contributed by atoms with E-state index in [1.54, 1.807) is 0 Å². The number of rotatable bonds is 2. The Balaban J connectivity index is 1.19. The Morgan fingerprint density at radius 3 is 1.68 bits per heavy atom. The zero-order valence-electron chi connectivity index (χ0n) is 26.7. The number of nitrogens with zero attached hydrogens (tertiary/aromatic N) is 2. The maximum absolute atomic E-state index is 7.15. The van der Waals surface area contributed by atoms with Crippen LogP contribution in [-0.2, 0) is 0 Å². The molecule has 0 unspecified atom stereocenters. The minimum Gasteiger partial charge on any atom is -0.456 e. The molecule has 0 amide bonds. The third-order valence-corrected chi connectivity index (χ3v) is 10.7. The van der Waals surface area contributed by atoms with E-state index in [1.165, 1.54) is 21.5 Å². The quantitative estimate of drug-likeness (QED) is 0.189. The monoisotopic (exact) mass is 638 g/mol. The van der Waals surface area contributed by atoms with Crippen molar-refractivity contribution in [1.29, 1.82) is 0 Å². The molecule has 232 valence electrons. The molecule has 12 aromatic rings. The molecule has 0 saturated heterocycles. The lowest BCUT2D eigenvalue weighted by atomic mass is 10.1. The highest BCUT2D eigenvalue weighted by atomic mass is 16.3. The zero-order valence-corrected chi connectivity index (χ0v) is 26.7. The number of hydrogen-bond acceptors (Lipinski definition) is 2. The fourth-order valence-corrected chi connectivity index (χ4v) is 8.59. The Bertz CT molecular complexity index is 3380. The van der Waals surface area contributed by atoms with Crippen LogP contribution in [0.3, 0.4) is 0 Å². The van der Waals surface area contributed by atoms with Gasteiger partial charge in [0.1, 0.15) is 22.3 Å². The molecule has 4 aromatic heterocycles. The summed E-state index contributed by atoms with van der Waals surface area (Å²) in [5.41, 5.74) is 10.4. The van der Waals surface area contributed by atoms with Gasteiger partial charge in [-0.05, 0) is 72.1 Å². The van der Waals surface area contributed by atoms with E-state index in [0.717, 1.165) is 88.1 Å². The normalized spacial score (nSPS) is 12.4. The Hall–Kier alpha value is -6.78. The minimum atomic E-state index is 0.891. The number of benzene rings is 8. The van der Waals surface area contributed by atoms with Crippen molar-refractivity contribution in [2.75, 3.05) is 0 Å². The molecule has 0 fully saturated rings. The van der Waals surface area contributed by atoms with Gasteiger partial charge in [0.2, 0.25) is 0 Å². The summed E-state index contributed by atoms with van der Waals surface area (Å²) >= 11 is 0. The summed E-state index contributed by atoms with van der Waals surface area (Å²) in [5, 5.41) is 11.5. The molecular formula is C46H26N2O2. The lowest BCUT2D eigenvalue weighted by Crippen LogP contribution is -1.94. The summed E-state index contributed by atoms with van der Waals surface area (Å²) in [6.45, 7) is 0. The summed E-state index contributed by atoms with van der Waals surface area (Å²) < 4.78 is 18.1. The molecule has 12 rings (SSSR count). The molecule has 0 aliphatic heterocycles. The highest BCUT2D eigenvalue weighted by Gasteiger charge is 2.23. The highest BCUT2D eigenvalue weighted by Crippen LogP contribution is 2.45. The van der Waals surface area contributed by atoms with Crippen molar-refractivity contribution in [3.05, 3.63) is 158 Å². The van der Waals surface area contributed by atoms with E-state index in [-0.39, 0.29) is 0 Å². The van der Waals surface area contributed by atoms with Crippen molar-refractivity contribution in [2.45, 2.75) is 0 Å². The van der Waals surface area contributed by atoms with Gasteiger partial charge >= 0.3 is 0 Å². The van der Waals surface area contributed by atoms with E-state index in [1.807, 2.05) is 12.1 Å². The molecule has 0 radical (unpaired) electrons. The smallest absolute Gasteiger partial charge is 0.145 e. The van der Waals surface area contributed by atoms with Gasteiger partial charge in [0, 0.05) is 43.4 Å². The van der Waals surface area contributed by atoms with Gasteiger partial charge in [0.25, 0.3) is 0 Å². The molecule has 4 heterocycles. The van der Waals surface area contributed by atoms with E-state index in [2.05, 4.69) is 155 Å². The van der Waals surface area contributed by atoms with E-state index >= 15 is 0 Å². The Labute approximate surface area is 284 Å². The fraction of sp³-hybridized carbons (Fsp3) is 0. The molecule has 50 heavy (non-hydrogen) atoms. The Kier molecular flexibility index (Phi) is 4.94. The average molecular weight is 639 g/mol. The third kappa shape index (κ3) is 3.30. The first-order chi connectivity index (χ1) is 24.8. The maximum atomic E-state index is 7.15. The van der Waals surface area contributed by atoms with Crippen LogP contribution in [0.5, 0.6) is 0 Å². The average Bonchev–Trinajstić information content (AvgIpc) is 3.91. The first-order valence-corrected chi connectivity index (χ1v) is 17.0. The molecule has 8 aromatic carbocycles. The van der Waals surface area contributed by atoms with Crippen LogP contribution in [-0.4, -0.2) is 9.13 Å². The van der Waals surface area contributed by atoms with E-state index < -0.39 is 0 Å². The van der Waals surface area contributed by atoms with Gasteiger partial charge in [-0.2, -0.15) is 0 Å². The van der Waals surface area contributed by atoms with Crippen molar-refractivity contribution < 1.29 is 8.83 Å². The number of hydrogen-bond donors (Lipinski definition) is 0. The van der Waals surface area contributed by atoms with Gasteiger partial charge in [0.05, 0.1) is 38.5 Å². The van der Waals surface area contributed by atoms with Crippen molar-refractivity contribution in [3.63, 3.8) is 0 Å². The minimum absolute atomic E-state index is 0.891. The van der Waals surface area contributed by atoms with Crippen LogP contribution in [0, 0.1) is 0 Å². The van der Waals surface area contributed by atoms with Crippen molar-refractivity contribution in [3.8, 4) is 11.4 Å². The van der Waals surface area contributed by atoms with Crippen LogP contribution < -0.4 is 0 Å². The molecule has 0 aliphatic rings. The Morgan fingerprint density at radius 1 is 0.340 bits per heavy atom. The molecule has 4 heteroatoms. The molecule has 0 atom stereocenters. The summed E-state index contributed by atoms with van der Waals surface area (Å²) in [4.78, 5) is 0. The topological polar surface area (TPSA) is 36.1 Å². The van der Waals surface area contributed by atoms with Gasteiger partial charge in [0.15, 0.2) is 0 Å². The summed E-state index contributed by atoms with van der Waals surface area (Å²) in [6, 6.07) is 56.3. The van der Waals surface area contributed by atoms with Crippen LogP contribution in [0.4, 0.5) is 0 Å². The lowest BCUT2D eigenvalue weighted by molar-refractivity contribution is 0.669. The van der Waals surface area contributed by atoms with Crippen LogP contribution in [0.15, 0.2) is 167 Å². The summed E-state index contributed by atoms with van der Waals surface area (Å²) in [6.07, 6.45) is 0.